The van der Waals surface area contributed by atoms with Crippen LogP contribution in [0.15, 0.2) is 59.3 Å². The predicted octanol–water partition coefficient (Wildman–Crippen LogP) is 4.54. The van der Waals surface area contributed by atoms with Crippen molar-refractivity contribution in [3.63, 3.8) is 0 Å². The molecule has 0 spiro atoms. The molecule has 8 nitrogen and oxygen atoms in total. The van der Waals surface area contributed by atoms with Crippen LogP contribution in [0.25, 0.3) is 10.7 Å². The number of anilines is 1. The number of aromatic nitrogens is 4. The number of tetrazole rings is 1. The second-order valence-electron chi connectivity index (χ2n) is 8.13. The van der Waals surface area contributed by atoms with Gasteiger partial charge in [0.2, 0.25) is 11.7 Å². The lowest BCUT2D eigenvalue weighted by Crippen LogP contribution is -2.45. The zero-order valence-corrected chi connectivity index (χ0v) is 20.2. The van der Waals surface area contributed by atoms with Gasteiger partial charge in [-0.1, -0.05) is 18.2 Å². The van der Waals surface area contributed by atoms with Crippen molar-refractivity contribution in [2.45, 2.75) is 37.6 Å². The third-order valence-electron chi connectivity index (χ3n) is 5.43. The highest BCUT2D eigenvalue weighted by Crippen LogP contribution is 2.36. The normalized spacial score (nSPS) is 14.4. The summed E-state index contributed by atoms with van der Waals surface area (Å²) in [7, 11) is 0. The molecule has 0 saturated heterocycles. The Labute approximate surface area is 211 Å². The van der Waals surface area contributed by atoms with Gasteiger partial charge in [-0.05, 0) is 59.1 Å². The first-order valence-electron chi connectivity index (χ1n) is 10.9. The summed E-state index contributed by atoms with van der Waals surface area (Å²) in [6, 6.07) is 10.2. The van der Waals surface area contributed by atoms with Gasteiger partial charge in [-0.15, -0.1) is 32.9 Å². The molecule has 1 atom stereocenters. The average Bonchev–Trinajstić information content (AvgIpc) is 3.28. The number of benzene rings is 1. The number of alkyl halides is 3. The van der Waals surface area contributed by atoms with Gasteiger partial charge in [0.05, 0.1) is 10.4 Å². The standard InChI is InChI=1S/C23H19F3N6O2S2/c24-23(25,26)14-4-1-5-16(12-14)32(20(17-6-2-10-35-17)22(34)27-15-8-9-15)19(33)13-31-29-21(28-30-31)18-7-3-11-36-18/h1-7,10-12,15,20H,8-9,13H2,(H,27,34)/t20-/m0/s1. The number of carbonyl (C=O) groups excluding carboxylic acids is 2. The van der Waals surface area contributed by atoms with Crippen LogP contribution in [0.3, 0.4) is 0 Å². The van der Waals surface area contributed by atoms with E-state index in [9.17, 15) is 22.8 Å². The Hall–Kier alpha value is -3.58. The summed E-state index contributed by atoms with van der Waals surface area (Å²) in [5.41, 5.74) is -0.984. The summed E-state index contributed by atoms with van der Waals surface area (Å²) in [6.07, 6.45) is -2.99. The van der Waals surface area contributed by atoms with E-state index in [1.54, 1.807) is 23.6 Å². The third kappa shape index (κ3) is 5.31. The van der Waals surface area contributed by atoms with Gasteiger partial charge >= 0.3 is 6.18 Å². The molecule has 1 fully saturated rings. The summed E-state index contributed by atoms with van der Waals surface area (Å²) in [6.45, 7) is -0.423. The van der Waals surface area contributed by atoms with Gasteiger partial charge in [0.15, 0.2) is 0 Å². The fourth-order valence-electron chi connectivity index (χ4n) is 3.61. The van der Waals surface area contributed by atoms with Gasteiger partial charge in [-0.25, -0.2) is 0 Å². The van der Waals surface area contributed by atoms with E-state index in [0.29, 0.717) is 10.7 Å². The van der Waals surface area contributed by atoms with Crippen LogP contribution in [-0.4, -0.2) is 38.1 Å². The van der Waals surface area contributed by atoms with Crippen molar-refractivity contribution in [2.24, 2.45) is 0 Å². The maximum Gasteiger partial charge on any atom is 0.416 e. The number of hydrogen-bond donors (Lipinski definition) is 1. The molecule has 4 aromatic rings. The minimum absolute atomic E-state index is 0.0104. The van der Waals surface area contributed by atoms with Crippen LogP contribution >= 0.6 is 22.7 Å². The molecule has 3 aromatic heterocycles. The Morgan fingerprint density at radius 2 is 1.89 bits per heavy atom. The monoisotopic (exact) mass is 532 g/mol. The van der Waals surface area contributed by atoms with Gasteiger partial charge in [0.1, 0.15) is 12.6 Å². The maximum atomic E-state index is 13.7. The second kappa shape index (κ2) is 9.82. The molecule has 0 unspecified atom stereocenters. The number of halogens is 3. The molecule has 5 rings (SSSR count). The van der Waals surface area contributed by atoms with E-state index < -0.39 is 36.1 Å². The van der Waals surface area contributed by atoms with Crippen molar-refractivity contribution < 1.29 is 22.8 Å². The second-order valence-corrected chi connectivity index (χ2v) is 10.1. The molecule has 1 aliphatic carbocycles. The fourth-order valence-corrected chi connectivity index (χ4v) is 5.07. The van der Waals surface area contributed by atoms with E-state index in [-0.39, 0.29) is 11.7 Å². The Balaban J connectivity index is 1.53. The SMILES string of the molecule is O=C(NC1CC1)[C@H](c1cccs1)N(C(=O)Cn1nnc(-c2cccs2)n1)c1cccc(C(F)(F)F)c1. The Morgan fingerprint density at radius 3 is 2.56 bits per heavy atom. The fraction of sp³-hybridized carbons (Fsp3) is 0.261. The van der Waals surface area contributed by atoms with Crippen LogP contribution in [0.4, 0.5) is 18.9 Å². The summed E-state index contributed by atoms with van der Waals surface area (Å²) >= 11 is 2.64. The summed E-state index contributed by atoms with van der Waals surface area (Å²) in [4.78, 5) is 30.4. The molecule has 0 bridgehead atoms. The molecule has 0 aliphatic heterocycles. The quantitative estimate of drug-likeness (QED) is 0.360. The van der Waals surface area contributed by atoms with Crippen LogP contribution in [0.2, 0.25) is 0 Å². The van der Waals surface area contributed by atoms with Crippen molar-refractivity contribution in [3.8, 4) is 10.7 Å². The highest BCUT2D eigenvalue weighted by molar-refractivity contribution is 7.13. The molecule has 13 heteroatoms. The summed E-state index contributed by atoms with van der Waals surface area (Å²) < 4.78 is 40.6. The van der Waals surface area contributed by atoms with Crippen LogP contribution in [0.1, 0.15) is 29.3 Å². The summed E-state index contributed by atoms with van der Waals surface area (Å²) in [5, 5.41) is 18.6. The molecule has 3 heterocycles. The summed E-state index contributed by atoms with van der Waals surface area (Å²) in [5.74, 6) is -0.796. The Morgan fingerprint density at radius 1 is 1.11 bits per heavy atom. The predicted molar refractivity (Wildman–Crippen MR) is 128 cm³/mol. The van der Waals surface area contributed by atoms with E-state index >= 15 is 0 Å². The topological polar surface area (TPSA) is 93.0 Å². The Kier molecular flexibility index (Phi) is 6.58. The van der Waals surface area contributed by atoms with Crippen molar-refractivity contribution in [3.05, 3.63) is 69.7 Å². The molecule has 1 saturated carbocycles. The minimum atomic E-state index is -4.62. The first kappa shape index (κ1) is 24.1. The molecule has 1 aromatic carbocycles. The van der Waals surface area contributed by atoms with Crippen molar-refractivity contribution in [1.82, 2.24) is 25.5 Å². The van der Waals surface area contributed by atoms with Crippen molar-refractivity contribution in [2.75, 3.05) is 4.90 Å². The average molecular weight is 533 g/mol. The number of thiophene rings is 2. The number of nitrogens with zero attached hydrogens (tertiary/aromatic N) is 5. The Bertz CT molecular complexity index is 1350. The molecule has 0 radical (unpaired) electrons. The molecule has 2 amide bonds. The number of hydrogen-bond acceptors (Lipinski definition) is 7. The van der Waals surface area contributed by atoms with Gasteiger partial charge in [0, 0.05) is 16.6 Å². The highest BCUT2D eigenvalue weighted by atomic mass is 32.1. The molecule has 36 heavy (non-hydrogen) atoms. The first-order chi connectivity index (χ1) is 17.3. The van der Waals surface area contributed by atoms with Crippen LogP contribution < -0.4 is 10.2 Å². The molecule has 186 valence electrons. The smallest absolute Gasteiger partial charge is 0.351 e. The first-order valence-corrected chi connectivity index (χ1v) is 12.7. The zero-order chi connectivity index (χ0) is 25.3. The van der Waals surface area contributed by atoms with Crippen LogP contribution in [0.5, 0.6) is 0 Å². The number of rotatable bonds is 8. The van der Waals surface area contributed by atoms with E-state index in [1.807, 2.05) is 11.4 Å². The van der Waals surface area contributed by atoms with E-state index in [0.717, 1.165) is 39.5 Å². The lowest BCUT2D eigenvalue weighted by Gasteiger charge is -2.31. The van der Waals surface area contributed by atoms with Gasteiger partial charge in [0.25, 0.3) is 5.91 Å². The van der Waals surface area contributed by atoms with E-state index in [1.165, 1.54) is 34.8 Å². The van der Waals surface area contributed by atoms with Gasteiger partial charge < -0.3 is 5.32 Å². The number of amides is 2. The third-order valence-corrected chi connectivity index (χ3v) is 7.22. The highest BCUT2D eigenvalue weighted by Gasteiger charge is 2.38. The maximum absolute atomic E-state index is 13.7. The molecular weight excluding hydrogens is 513 g/mol. The number of carbonyl (C=O) groups is 2. The lowest BCUT2D eigenvalue weighted by atomic mass is 10.1. The van der Waals surface area contributed by atoms with Gasteiger partial charge in [-0.2, -0.15) is 18.0 Å². The van der Waals surface area contributed by atoms with Crippen molar-refractivity contribution >= 4 is 40.2 Å². The minimum Gasteiger partial charge on any atom is -0.351 e. The van der Waals surface area contributed by atoms with Crippen LogP contribution in [0, 0.1) is 0 Å². The molecular formula is C23H19F3N6O2S2. The van der Waals surface area contributed by atoms with E-state index in [2.05, 4.69) is 20.7 Å². The molecule has 1 N–H and O–H groups in total. The van der Waals surface area contributed by atoms with Gasteiger partial charge in [-0.3, -0.25) is 14.5 Å². The van der Waals surface area contributed by atoms with Crippen molar-refractivity contribution in [1.29, 1.82) is 0 Å². The van der Waals surface area contributed by atoms with Crippen LogP contribution in [-0.2, 0) is 22.3 Å². The molecule has 1 aliphatic rings. The van der Waals surface area contributed by atoms with E-state index in [4.69, 9.17) is 0 Å². The lowest BCUT2D eigenvalue weighted by molar-refractivity contribution is -0.137. The zero-order valence-electron chi connectivity index (χ0n) is 18.6. The number of nitrogens with one attached hydrogen (secondary N) is 1. The largest absolute Gasteiger partial charge is 0.416 e.